The van der Waals surface area contributed by atoms with Gasteiger partial charge in [-0.3, -0.25) is 0 Å². The third-order valence-electron chi connectivity index (χ3n) is 6.89. The Morgan fingerprint density at radius 2 is 1.88 bits per heavy atom. The maximum absolute atomic E-state index is 13.4. The van der Waals surface area contributed by atoms with Gasteiger partial charge in [-0.05, 0) is 57.1 Å². The van der Waals surface area contributed by atoms with E-state index in [1.54, 1.807) is 0 Å². The molecule has 0 fully saturated rings. The van der Waals surface area contributed by atoms with Gasteiger partial charge in [0.25, 0.3) is 0 Å². The second-order valence-corrected chi connectivity index (χ2v) is 11.6. The van der Waals surface area contributed by atoms with Gasteiger partial charge in [-0.1, -0.05) is 85.7 Å². The molecule has 5 rings (SSSR count). The van der Waals surface area contributed by atoms with Crippen LogP contribution in [0.15, 0.2) is 81.5 Å². The number of hydrogen-bond donors (Lipinski definition) is 0. The van der Waals surface area contributed by atoms with Gasteiger partial charge in [0, 0.05) is 10.9 Å². The number of allylic oxidation sites excluding steroid dienone is 5. The Kier molecular flexibility index (Phi) is 6.46. The van der Waals surface area contributed by atoms with Gasteiger partial charge in [0.15, 0.2) is 6.71 Å². The fourth-order valence-electron chi connectivity index (χ4n) is 5.27. The highest BCUT2D eigenvalue weighted by molar-refractivity contribution is 7.73. The average Bonchev–Trinajstić information content (AvgIpc) is 2.82. The molecule has 3 heterocycles. The van der Waals surface area contributed by atoms with Crippen LogP contribution < -0.4 is 26.9 Å². The Balaban J connectivity index is 1.72. The van der Waals surface area contributed by atoms with Crippen LogP contribution in [0.1, 0.15) is 39.0 Å². The van der Waals surface area contributed by atoms with Crippen molar-refractivity contribution in [2.75, 3.05) is 0 Å². The molecule has 1 aromatic carbocycles. The second kappa shape index (κ2) is 9.63. The summed E-state index contributed by atoms with van der Waals surface area (Å²) in [6.45, 7) is 2.83. The minimum Gasteiger partial charge on any atom is -0.422 e. The first kappa shape index (κ1) is 21.5. The summed E-state index contributed by atoms with van der Waals surface area (Å²) in [7, 11) is -0.853. The second-order valence-electron chi connectivity index (χ2n) is 9.24. The molecule has 0 amide bonds. The summed E-state index contributed by atoms with van der Waals surface area (Å²) in [5.41, 5.74) is 3.54. The third-order valence-corrected chi connectivity index (χ3v) is 9.62. The van der Waals surface area contributed by atoms with Crippen molar-refractivity contribution in [2.24, 2.45) is 0 Å². The molecule has 2 atom stereocenters. The summed E-state index contributed by atoms with van der Waals surface area (Å²) in [6, 6.07) is 12.7. The van der Waals surface area contributed by atoms with Crippen LogP contribution in [0.5, 0.6) is 0 Å². The molecular formula is C28H30BO2P. The standard InChI is InChI=1S/C28H30BO2P/c1-21-10-8-16-29-17-9-11-22(20-29)18-23-19-26(28(30)31-27(21)23)32(24-12-4-2-5-13-24)25-14-6-3-7-15-25/h2-7,12-14,18-20,25H,8-11,15-17H2,1H3/b23-18-,27-21-. The van der Waals surface area contributed by atoms with Gasteiger partial charge in [0.1, 0.15) is 5.42 Å². The molecule has 32 heavy (non-hydrogen) atoms. The number of rotatable bonds is 3. The topological polar surface area (TPSA) is 30.2 Å². The highest BCUT2D eigenvalue weighted by atomic mass is 31.1. The number of benzene rings is 1. The van der Waals surface area contributed by atoms with Gasteiger partial charge >= 0.3 is 5.63 Å². The lowest BCUT2D eigenvalue weighted by molar-refractivity contribution is 0.473. The lowest BCUT2D eigenvalue weighted by Gasteiger charge is -2.26. The predicted molar refractivity (Wildman–Crippen MR) is 139 cm³/mol. The van der Waals surface area contributed by atoms with Crippen molar-refractivity contribution in [3.8, 4) is 0 Å². The van der Waals surface area contributed by atoms with E-state index in [0.29, 0.717) is 12.4 Å². The molecule has 2 aromatic rings. The van der Waals surface area contributed by atoms with Crippen LogP contribution in [0, 0.1) is 0 Å². The van der Waals surface area contributed by atoms with Crippen LogP contribution in [0.2, 0.25) is 12.6 Å². The van der Waals surface area contributed by atoms with E-state index in [4.69, 9.17) is 4.42 Å². The van der Waals surface area contributed by atoms with Gasteiger partial charge in [-0.2, -0.15) is 0 Å². The number of fused-ring (bicyclic) bond motifs is 2. The Morgan fingerprint density at radius 3 is 2.66 bits per heavy atom. The summed E-state index contributed by atoms with van der Waals surface area (Å²) in [5, 5.41) is 3.16. The van der Waals surface area contributed by atoms with Crippen molar-refractivity contribution >= 4 is 36.9 Å². The summed E-state index contributed by atoms with van der Waals surface area (Å²) >= 11 is 0. The summed E-state index contributed by atoms with van der Waals surface area (Å²) < 4.78 is 6.13. The van der Waals surface area contributed by atoms with E-state index in [1.807, 2.05) is 6.07 Å². The first-order valence-corrected chi connectivity index (χ1v) is 13.3. The first-order chi connectivity index (χ1) is 15.7. The molecule has 2 bridgehead atoms. The van der Waals surface area contributed by atoms with Crippen molar-refractivity contribution < 1.29 is 4.42 Å². The molecule has 0 spiro atoms. The Labute approximate surface area is 192 Å². The van der Waals surface area contributed by atoms with Crippen molar-refractivity contribution in [3.05, 3.63) is 93.3 Å². The molecule has 2 nitrogen and oxygen atoms in total. The smallest absolute Gasteiger partial charge is 0.344 e. The van der Waals surface area contributed by atoms with Gasteiger partial charge in [-0.25, -0.2) is 4.79 Å². The average molecular weight is 440 g/mol. The van der Waals surface area contributed by atoms with Crippen LogP contribution in [0.25, 0.3) is 11.6 Å². The molecule has 0 saturated carbocycles. The molecule has 1 aliphatic carbocycles. The fraction of sp³-hybridized carbons (Fsp3) is 0.321. The van der Waals surface area contributed by atoms with Crippen LogP contribution in [0.4, 0.5) is 0 Å². The zero-order valence-electron chi connectivity index (χ0n) is 18.8. The monoisotopic (exact) mass is 440 g/mol. The molecule has 162 valence electrons. The van der Waals surface area contributed by atoms with Crippen molar-refractivity contribution in [3.63, 3.8) is 0 Å². The third kappa shape index (κ3) is 4.55. The van der Waals surface area contributed by atoms with E-state index in [1.165, 1.54) is 35.5 Å². The first-order valence-electron chi connectivity index (χ1n) is 11.9. The molecule has 1 aromatic heterocycles. The van der Waals surface area contributed by atoms with Gasteiger partial charge in [0.05, 0.1) is 5.30 Å². The normalized spacial score (nSPS) is 24.2. The number of hydrogen-bond acceptors (Lipinski definition) is 2. The predicted octanol–water partition coefficient (Wildman–Crippen LogP) is 4.46. The fourth-order valence-corrected chi connectivity index (χ4v) is 7.91. The maximum atomic E-state index is 13.4. The van der Waals surface area contributed by atoms with Gasteiger partial charge in [-0.15, -0.1) is 5.98 Å². The highest BCUT2D eigenvalue weighted by Gasteiger charge is 2.26. The lowest BCUT2D eigenvalue weighted by Crippen LogP contribution is -2.41. The zero-order valence-corrected chi connectivity index (χ0v) is 19.7. The van der Waals surface area contributed by atoms with E-state index in [-0.39, 0.29) is 5.63 Å². The van der Waals surface area contributed by atoms with E-state index in [0.717, 1.165) is 41.6 Å². The maximum Gasteiger partial charge on any atom is 0.344 e. The Bertz CT molecular complexity index is 1250. The lowest BCUT2D eigenvalue weighted by atomic mass is 9.41. The molecule has 2 aliphatic heterocycles. The highest BCUT2D eigenvalue weighted by Crippen LogP contribution is 2.41. The molecule has 0 saturated heterocycles. The minimum atomic E-state index is -0.853. The molecule has 4 heteroatoms. The van der Waals surface area contributed by atoms with Crippen molar-refractivity contribution in [2.45, 2.75) is 57.3 Å². The quantitative estimate of drug-likeness (QED) is 0.522. The van der Waals surface area contributed by atoms with E-state index in [2.05, 4.69) is 73.6 Å². The van der Waals surface area contributed by atoms with Crippen LogP contribution in [0.3, 0.4) is 0 Å². The summed E-state index contributed by atoms with van der Waals surface area (Å²) in [6.07, 6.45) is 19.0. The van der Waals surface area contributed by atoms with Crippen molar-refractivity contribution in [1.29, 1.82) is 0 Å². The van der Waals surface area contributed by atoms with Crippen molar-refractivity contribution in [1.82, 2.24) is 0 Å². The SMILES string of the molecule is C/C1=c2/oc(=O)c(P(c3ccccc3)C3C=CC=CC3)c/c2=C/C2=CB(CCC2)CCC1. The molecule has 3 aliphatic rings. The molecular weight excluding hydrogens is 410 g/mol. The minimum absolute atomic E-state index is 0.165. The van der Waals surface area contributed by atoms with Gasteiger partial charge in [0.2, 0.25) is 0 Å². The van der Waals surface area contributed by atoms with E-state index >= 15 is 0 Å². The Hall–Kier alpha value is -2.38. The molecule has 0 radical (unpaired) electrons. The van der Waals surface area contributed by atoms with Gasteiger partial charge < -0.3 is 4.42 Å². The van der Waals surface area contributed by atoms with E-state index in [9.17, 15) is 4.79 Å². The summed E-state index contributed by atoms with van der Waals surface area (Å²) in [5.74, 6) is 2.48. The largest absolute Gasteiger partial charge is 0.422 e. The molecule has 2 unspecified atom stereocenters. The van der Waals surface area contributed by atoms with E-state index < -0.39 is 7.92 Å². The Morgan fingerprint density at radius 1 is 1.06 bits per heavy atom. The zero-order chi connectivity index (χ0) is 21.9. The van der Waals surface area contributed by atoms with Crippen LogP contribution in [-0.4, -0.2) is 12.4 Å². The molecule has 0 N–H and O–H groups in total. The van der Waals surface area contributed by atoms with Crippen LogP contribution in [-0.2, 0) is 0 Å². The summed E-state index contributed by atoms with van der Waals surface area (Å²) in [4.78, 5) is 13.4. The van der Waals surface area contributed by atoms with Crippen LogP contribution >= 0.6 is 7.92 Å².